The zero-order valence-corrected chi connectivity index (χ0v) is 9.28. The van der Waals surface area contributed by atoms with Crippen LogP contribution < -0.4 is 0 Å². The Hall–Kier alpha value is -0.610. The minimum atomic E-state index is -0.0930. The summed E-state index contributed by atoms with van der Waals surface area (Å²) in [6, 6.07) is 0.663. The Morgan fingerprint density at radius 3 is 3.00 bits per heavy atom. The molecule has 0 aromatic carbocycles. The van der Waals surface area contributed by atoms with E-state index in [2.05, 4.69) is 11.8 Å². The minimum Gasteiger partial charge on any atom is -0.463 e. The third kappa shape index (κ3) is 3.47. The first-order valence-electron chi connectivity index (χ1n) is 5.77. The van der Waals surface area contributed by atoms with Gasteiger partial charge in [0.25, 0.3) is 0 Å². The van der Waals surface area contributed by atoms with Crippen molar-refractivity contribution in [2.75, 3.05) is 26.3 Å². The van der Waals surface area contributed by atoms with Crippen molar-refractivity contribution >= 4 is 5.97 Å². The Morgan fingerprint density at radius 2 is 2.40 bits per heavy atom. The largest absolute Gasteiger partial charge is 0.463 e. The van der Waals surface area contributed by atoms with Gasteiger partial charge in [0.15, 0.2) is 0 Å². The maximum absolute atomic E-state index is 11.3. The van der Waals surface area contributed by atoms with Gasteiger partial charge in [0.05, 0.1) is 12.5 Å². The molecule has 3 atom stereocenters. The lowest BCUT2D eigenvalue weighted by Gasteiger charge is -2.10. The van der Waals surface area contributed by atoms with Crippen LogP contribution in [0.5, 0.6) is 0 Å². The molecule has 3 unspecified atom stereocenters. The molecule has 4 nitrogen and oxygen atoms in total. The molecule has 2 heterocycles. The Labute approximate surface area is 90.5 Å². The predicted octanol–water partition coefficient (Wildman–Crippen LogP) is 0.803. The van der Waals surface area contributed by atoms with E-state index < -0.39 is 0 Å². The second kappa shape index (κ2) is 4.94. The molecule has 0 aliphatic carbocycles. The Bertz CT molecular complexity index is 226. The van der Waals surface area contributed by atoms with Crippen LogP contribution in [0.2, 0.25) is 0 Å². The second-order valence-corrected chi connectivity index (χ2v) is 4.41. The number of hydrogen-bond donors (Lipinski definition) is 0. The molecule has 0 N–H and O–H groups in total. The molecule has 2 fully saturated rings. The number of nitrogens with zero attached hydrogens (tertiary/aromatic N) is 1. The fourth-order valence-electron chi connectivity index (χ4n) is 1.87. The molecule has 0 saturated carbocycles. The standard InChI is InChI=1S/C11H19NO3/c1-9-7-12(9)5-4-11(13)15-8-10-3-2-6-14-10/h9-10H,2-8H2,1H3. The normalized spacial score (nSPS) is 34.1. The van der Waals surface area contributed by atoms with Crippen molar-refractivity contribution in [2.24, 2.45) is 0 Å². The van der Waals surface area contributed by atoms with E-state index in [0.717, 1.165) is 32.5 Å². The summed E-state index contributed by atoms with van der Waals surface area (Å²) in [6.07, 6.45) is 2.77. The fraction of sp³-hybridized carbons (Fsp3) is 0.909. The molecule has 2 saturated heterocycles. The van der Waals surface area contributed by atoms with Crippen molar-refractivity contribution in [1.29, 1.82) is 0 Å². The summed E-state index contributed by atoms with van der Waals surface area (Å²) >= 11 is 0. The molecule has 0 bridgehead atoms. The van der Waals surface area contributed by atoms with E-state index >= 15 is 0 Å². The van der Waals surface area contributed by atoms with Crippen molar-refractivity contribution in [2.45, 2.75) is 38.3 Å². The van der Waals surface area contributed by atoms with E-state index in [1.54, 1.807) is 0 Å². The van der Waals surface area contributed by atoms with Crippen LogP contribution in [0.1, 0.15) is 26.2 Å². The molecule has 4 heteroatoms. The number of hydrogen-bond acceptors (Lipinski definition) is 4. The van der Waals surface area contributed by atoms with E-state index in [1.165, 1.54) is 0 Å². The van der Waals surface area contributed by atoms with Gasteiger partial charge < -0.3 is 9.47 Å². The molecule has 2 aliphatic rings. The lowest BCUT2D eigenvalue weighted by atomic mass is 10.2. The van der Waals surface area contributed by atoms with Gasteiger partial charge in [-0.2, -0.15) is 0 Å². The monoisotopic (exact) mass is 213 g/mol. The van der Waals surface area contributed by atoms with Crippen LogP contribution in [0.4, 0.5) is 0 Å². The number of ether oxygens (including phenoxy) is 2. The van der Waals surface area contributed by atoms with E-state index in [-0.39, 0.29) is 12.1 Å². The number of carbonyl (C=O) groups excluding carboxylic acids is 1. The molecule has 2 aliphatic heterocycles. The first-order valence-corrected chi connectivity index (χ1v) is 5.77. The SMILES string of the molecule is CC1CN1CCC(=O)OCC1CCCO1. The van der Waals surface area contributed by atoms with Crippen molar-refractivity contribution in [3.63, 3.8) is 0 Å². The van der Waals surface area contributed by atoms with Crippen LogP contribution in [-0.4, -0.2) is 49.3 Å². The Kier molecular flexibility index (Phi) is 3.59. The number of esters is 1. The molecule has 0 aromatic heterocycles. The van der Waals surface area contributed by atoms with Crippen LogP contribution in [-0.2, 0) is 14.3 Å². The lowest BCUT2D eigenvalue weighted by molar-refractivity contribution is -0.147. The highest BCUT2D eigenvalue weighted by molar-refractivity contribution is 5.69. The fourth-order valence-corrected chi connectivity index (χ4v) is 1.87. The maximum atomic E-state index is 11.3. The molecule has 0 spiro atoms. The molecular formula is C11H19NO3. The molecule has 0 amide bonds. The summed E-state index contributed by atoms with van der Waals surface area (Å²) in [7, 11) is 0. The van der Waals surface area contributed by atoms with Crippen molar-refractivity contribution in [1.82, 2.24) is 4.90 Å². The van der Waals surface area contributed by atoms with Crippen LogP contribution in [0.3, 0.4) is 0 Å². The third-order valence-electron chi connectivity index (χ3n) is 3.05. The number of rotatable bonds is 5. The Morgan fingerprint density at radius 1 is 1.60 bits per heavy atom. The van der Waals surface area contributed by atoms with Crippen LogP contribution in [0.25, 0.3) is 0 Å². The molecule has 0 aromatic rings. The molecule has 2 rings (SSSR count). The summed E-state index contributed by atoms with van der Waals surface area (Å²) < 4.78 is 10.5. The van der Waals surface area contributed by atoms with Gasteiger partial charge in [-0.05, 0) is 19.8 Å². The summed E-state index contributed by atoms with van der Waals surface area (Å²) in [5.74, 6) is -0.0930. The van der Waals surface area contributed by atoms with Gasteiger partial charge in [0.2, 0.25) is 0 Å². The predicted molar refractivity (Wildman–Crippen MR) is 55.6 cm³/mol. The third-order valence-corrected chi connectivity index (χ3v) is 3.05. The zero-order valence-electron chi connectivity index (χ0n) is 9.28. The molecular weight excluding hydrogens is 194 g/mol. The maximum Gasteiger partial charge on any atom is 0.307 e. The molecule has 0 radical (unpaired) electrons. The van der Waals surface area contributed by atoms with E-state index in [4.69, 9.17) is 9.47 Å². The van der Waals surface area contributed by atoms with Crippen molar-refractivity contribution in [3.8, 4) is 0 Å². The van der Waals surface area contributed by atoms with Gasteiger partial charge in [-0.15, -0.1) is 0 Å². The van der Waals surface area contributed by atoms with Gasteiger partial charge in [-0.25, -0.2) is 0 Å². The number of carbonyl (C=O) groups is 1. The average molecular weight is 213 g/mol. The van der Waals surface area contributed by atoms with Gasteiger partial charge >= 0.3 is 5.97 Å². The van der Waals surface area contributed by atoms with E-state index in [0.29, 0.717) is 19.1 Å². The summed E-state index contributed by atoms with van der Waals surface area (Å²) in [5.41, 5.74) is 0. The van der Waals surface area contributed by atoms with E-state index in [1.807, 2.05) is 0 Å². The zero-order chi connectivity index (χ0) is 10.7. The lowest BCUT2D eigenvalue weighted by Crippen LogP contribution is -2.19. The quantitative estimate of drug-likeness (QED) is 0.500. The summed E-state index contributed by atoms with van der Waals surface area (Å²) in [6.45, 7) is 5.38. The van der Waals surface area contributed by atoms with Gasteiger partial charge in [-0.3, -0.25) is 9.69 Å². The van der Waals surface area contributed by atoms with Crippen LogP contribution in [0, 0.1) is 0 Å². The van der Waals surface area contributed by atoms with Crippen molar-refractivity contribution in [3.05, 3.63) is 0 Å². The average Bonchev–Trinajstić information content (AvgIpc) is 2.73. The second-order valence-electron chi connectivity index (χ2n) is 4.41. The highest BCUT2D eigenvalue weighted by Gasteiger charge is 2.28. The molecule has 15 heavy (non-hydrogen) atoms. The van der Waals surface area contributed by atoms with Gasteiger partial charge in [0.1, 0.15) is 6.61 Å². The first-order chi connectivity index (χ1) is 7.25. The first kappa shape index (κ1) is 10.9. The van der Waals surface area contributed by atoms with Gasteiger partial charge in [-0.1, -0.05) is 0 Å². The summed E-state index contributed by atoms with van der Waals surface area (Å²) in [5, 5.41) is 0. The van der Waals surface area contributed by atoms with Crippen LogP contribution in [0.15, 0.2) is 0 Å². The highest BCUT2D eigenvalue weighted by atomic mass is 16.6. The van der Waals surface area contributed by atoms with Crippen molar-refractivity contribution < 1.29 is 14.3 Å². The Balaban J connectivity index is 1.52. The minimum absolute atomic E-state index is 0.0930. The van der Waals surface area contributed by atoms with Crippen LogP contribution >= 0.6 is 0 Å². The highest BCUT2D eigenvalue weighted by Crippen LogP contribution is 2.16. The van der Waals surface area contributed by atoms with E-state index in [9.17, 15) is 4.79 Å². The molecule has 86 valence electrons. The summed E-state index contributed by atoms with van der Waals surface area (Å²) in [4.78, 5) is 13.6. The van der Waals surface area contributed by atoms with Gasteiger partial charge in [0, 0.05) is 25.7 Å². The smallest absolute Gasteiger partial charge is 0.307 e. The topological polar surface area (TPSA) is 38.5 Å².